The quantitative estimate of drug-likeness (QED) is 0.638. The molecule has 1 N–H and O–H groups in total. The van der Waals surface area contributed by atoms with Gasteiger partial charge >= 0.3 is 6.03 Å². The van der Waals surface area contributed by atoms with E-state index in [4.69, 9.17) is 0 Å². The van der Waals surface area contributed by atoms with E-state index in [9.17, 15) is 14.7 Å². The second kappa shape index (κ2) is 3.48. The molecule has 1 aliphatic rings. The number of amides is 3. The molecule has 0 radical (unpaired) electrons. The number of rotatable bonds is 0. The maximum absolute atomic E-state index is 11.9. The molecule has 1 aliphatic heterocycles. The Labute approximate surface area is 89.7 Å². The minimum absolute atomic E-state index is 0.321. The molecule has 0 aliphatic carbocycles. The first-order chi connectivity index (χ1) is 6.68. The van der Waals surface area contributed by atoms with Crippen molar-refractivity contribution >= 4 is 11.9 Å². The lowest BCUT2D eigenvalue weighted by Gasteiger charge is -2.44. The second-order valence-corrected chi connectivity index (χ2v) is 5.05. The molecule has 1 fully saturated rings. The predicted molar refractivity (Wildman–Crippen MR) is 54.9 cm³/mol. The molecule has 0 saturated carbocycles. The van der Waals surface area contributed by atoms with Gasteiger partial charge in [0, 0.05) is 14.1 Å². The van der Waals surface area contributed by atoms with Crippen molar-refractivity contribution < 1.29 is 14.7 Å². The summed E-state index contributed by atoms with van der Waals surface area (Å²) in [6.45, 7) is 5.61. The highest BCUT2D eigenvalue weighted by Crippen LogP contribution is 2.34. The van der Waals surface area contributed by atoms with Crippen LogP contribution in [0.3, 0.4) is 0 Å². The molecule has 5 nitrogen and oxygen atoms in total. The molecular formula is C10H18N2O3. The second-order valence-electron chi connectivity index (χ2n) is 5.05. The van der Waals surface area contributed by atoms with E-state index in [1.807, 2.05) is 20.8 Å². The summed E-state index contributed by atoms with van der Waals surface area (Å²) in [7, 11) is 2.93. The van der Waals surface area contributed by atoms with Crippen LogP contribution in [0.15, 0.2) is 0 Å². The van der Waals surface area contributed by atoms with Crippen molar-refractivity contribution in [2.24, 2.45) is 11.3 Å². The monoisotopic (exact) mass is 214 g/mol. The standard InChI is InChI=1S/C10H18N2O3/c1-10(2,3)6-7(13)11(4)9(15)12(5)8(6)14/h6-7,13H,1-5H3. The SMILES string of the molecule is CN1C(=O)C(C(C)(C)C)C(O)N(C)C1=O. The number of urea groups is 1. The molecule has 2 atom stereocenters. The lowest BCUT2D eigenvalue weighted by atomic mass is 9.77. The minimum atomic E-state index is -1.04. The summed E-state index contributed by atoms with van der Waals surface area (Å²) in [4.78, 5) is 25.6. The zero-order valence-corrected chi connectivity index (χ0v) is 9.81. The topological polar surface area (TPSA) is 60.9 Å². The minimum Gasteiger partial charge on any atom is -0.373 e. The molecule has 0 bridgehead atoms. The maximum atomic E-state index is 11.9. The van der Waals surface area contributed by atoms with Gasteiger partial charge < -0.3 is 10.0 Å². The molecule has 15 heavy (non-hydrogen) atoms. The van der Waals surface area contributed by atoms with E-state index in [2.05, 4.69) is 0 Å². The molecule has 0 aromatic rings. The zero-order chi connectivity index (χ0) is 12.0. The number of aliphatic hydroxyl groups excluding tert-OH is 1. The van der Waals surface area contributed by atoms with Crippen LogP contribution in [0.1, 0.15) is 20.8 Å². The van der Waals surface area contributed by atoms with Gasteiger partial charge in [0.15, 0.2) is 0 Å². The average molecular weight is 214 g/mol. The van der Waals surface area contributed by atoms with E-state index in [1.165, 1.54) is 19.0 Å². The van der Waals surface area contributed by atoms with Crippen LogP contribution in [0.2, 0.25) is 0 Å². The van der Waals surface area contributed by atoms with E-state index >= 15 is 0 Å². The Hall–Kier alpha value is -1.10. The fourth-order valence-electron chi connectivity index (χ4n) is 1.82. The number of nitrogens with zero attached hydrogens (tertiary/aromatic N) is 2. The van der Waals surface area contributed by atoms with E-state index < -0.39 is 18.2 Å². The van der Waals surface area contributed by atoms with Crippen molar-refractivity contribution in [3.8, 4) is 0 Å². The van der Waals surface area contributed by atoms with Crippen molar-refractivity contribution in [2.75, 3.05) is 14.1 Å². The van der Waals surface area contributed by atoms with Crippen LogP contribution in [0.4, 0.5) is 4.79 Å². The Balaban J connectivity index is 3.08. The predicted octanol–water partition coefficient (Wildman–Crippen LogP) is 0.491. The summed E-state index contributed by atoms with van der Waals surface area (Å²) in [5.74, 6) is -0.900. The van der Waals surface area contributed by atoms with Gasteiger partial charge in [-0.25, -0.2) is 4.79 Å². The molecule has 1 saturated heterocycles. The van der Waals surface area contributed by atoms with Gasteiger partial charge in [-0.1, -0.05) is 20.8 Å². The van der Waals surface area contributed by atoms with Crippen LogP contribution in [0.5, 0.6) is 0 Å². The van der Waals surface area contributed by atoms with Crippen LogP contribution in [0, 0.1) is 11.3 Å². The maximum Gasteiger partial charge on any atom is 0.328 e. The summed E-state index contributed by atoms with van der Waals surface area (Å²) in [5.41, 5.74) is -0.375. The summed E-state index contributed by atoms with van der Waals surface area (Å²) in [6.07, 6.45) is -1.04. The van der Waals surface area contributed by atoms with Crippen LogP contribution in [-0.2, 0) is 4.79 Å². The summed E-state index contributed by atoms with van der Waals surface area (Å²) in [5, 5.41) is 9.89. The highest BCUT2D eigenvalue weighted by atomic mass is 16.3. The largest absolute Gasteiger partial charge is 0.373 e. The Morgan fingerprint density at radius 3 is 2.07 bits per heavy atom. The smallest absolute Gasteiger partial charge is 0.328 e. The van der Waals surface area contributed by atoms with Gasteiger partial charge in [0.1, 0.15) is 6.23 Å². The molecule has 2 unspecified atom stereocenters. The first-order valence-electron chi connectivity index (χ1n) is 4.90. The lowest BCUT2D eigenvalue weighted by molar-refractivity contribution is -0.154. The van der Waals surface area contributed by atoms with Gasteiger partial charge in [0.2, 0.25) is 5.91 Å². The summed E-state index contributed by atoms with van der Waals surface area (Å²) in [6, 6.07) is -0.465. The van der Waals surface area contributed by atoms with Crippen molar-refractivity contribution in [1.82, 2.24) is 9.80 Å². The number of aliphatic hydroxyl groups is 1. The number of imide groups is 1. The van der Waals surface area contributed by atoms with Gasteiger partial charge in [-0.05, 0) is 5.41 Å². The van der Waals surface area contributed by atoms with Crippen LogP contribution >= 0.6 is 0 Å². The van der Waals surface area contributed by atoms with Crippen molar-refractivity contribution in [2.45, 2.75) is 27.0 Å². The van der Waals surface area contributed by atoms with Crippen molar-refractivity contribution in [3.63, 3.8) is 0 Å². The van der Waals surface area contributed by atoms with Gasteiger partial charge in [-0.15, -0.1) is 0 Å². The highest BCUT2D eigenvalue weighted by molar-refractivity contribution is 5.98. The zero-order valence-electron chi connectivity index (χ0n) is 9.81. The van der Waals surface area contributed by atoms with E-state index in [1.54, 1.807) is 0 Å². The number of carbonyl (C=O) groups excluding carboxylic acids is 2. The molecule has 0 spiro atoms. The third kappa shape index (κ3) is 1.84. The molecule has 86 valence electrons. The number of hydrogen-bond donors (Lipinski definition) is 1. The molecule has 5 heteroatoms. The Morgan fingerprint density at radius 2 is 1.67 bits per heavy atom. The van der Waals surface area contributed by atoms with Crippen LogP contribution in [-0.4, -0.2) is 47.2 Å². The van der Waals surface area contributed by atoms with E-state index in [0.29, 0.717) is 0 Å². The molecule has 0 aromatic carbocycles. The fraction of sp³-hybridized carbons (Fsp3) is 0.800. The van der Waals surface area contributed by atoms with Gasteiger partial charge in [-0.2, -0.15) is 0 Å². The van der Waals surface area contributed by atoms with Gasteiger partial charge in [0.25, 0.3) is 0 Å². The summed E-state index contributed by atoms with van der Waals surface area (Å²) < 4.78 is 0. The Morgan fingerprint density at radius 1 is 1.20 bits per heavy atom. The highest BCUT2D eigenvalue weighted by Gasteiger charge is 2.47. The summed E-state index contributed by atoms with van der Waals surface area (Å²) >= 11 is 0. The third-order valence-electron chi connectivity index (χ3n) is 2.81. The Kier molecular flexibility index (Phi) is 2.78. The van der Waals surface area contributed by atoms with Crippen molar-refractivity contribution in [1.29, 1.82) is 0 Å². The average Bonchev–Trinajstić information content (AvgIpc) is 2.09. The number of carbonyl (C=O) groups is 2. The van der Waals surface area contributed by atoms with Gasteiger partial charge in [-0.3, -0.25) is 9.69 Å². The molecular weight excluding hydrogens is 196 g/mol. The normalized spacial score (nSPS) is 28.7. The van der Waals surface area contributed by atoms with Crippen LogP contribution < -0.4 is 0 Å². The fourth-order valence-corrected chi connectivity index (χ4v) is 1.82. The first kappa shape index (κ1) is 12.0. The lowest BCUT2D eigenvalue weighted by Crippen LogP contribution is -2.62. The van der Waals surface area contributed by atoms with E-state index in [0.717, 1.165) is 4.90 Å². The number of hydrogen-bond acceptors (Lipinski definition) is 3. The first-order valence-corrected chi connectivity index (χ1v) is 4.90. The molecule has 1 heterocycles. The van der Waals surface area contributed by atoms with Crippen LogP contribution in [0.25, 0.3) is 0 Å². The third-order valence-corrected chi connectivity index (χ3v) is 2.81. The Bertz CT molecular complexity index is 296. The molecule has 1 rings (SSSR count). The van der Waals surface area contributed by atoms with E-state index in [-0.39, 0.29) is 11.3 Å². The van der Waals surface area contributed by atoms with Gasteiger partial charge in [0.05, 0.1) is 5.92 Å². The van der Waals surface area contributed by atoms with Crippen molar-refractivity contribution in [3.05, 3.63) is 0 Å². The molecule has 0 aromatic heterocycles. The molecule has 3 amide bonds.